The molecule has 0 saturated carbocycles. The lowest BCUT2D eigenvalue weighted by Gasteiger charge is -2.18. The highest BCUT2D eigenvalue weighted by molar-refractivity contribution is 4.63. The number of rotatable bonds is 8. The van der Waals surface area contributed by atoms with E-state index in [1.807, 2.05) is 0 Å². The van der Waals surface area contributed by atoms with Crippen LogP contribution in [0.15, 0.2) is 0 Å². The first-order chi connectivity index (χ1) is 6.60. The van der Waals surface area contributed by atoms with Gasteiger partial charge in [-0.1, -0.05) is 53.4 Å². The Kier molecular flexibility index (Phi) is 8.26. The third-order valence-electron chi connectivity index (χ3n) is 3.12. The van der Waals surface area contributed by atoms with Gasteiger partial charge in [0.15, 0.2) is 0 Å². The van der Waals surface area contributed by atoms with Crippen molar-refractivity contribution in [1.29, 1.82) is 0 Å². The van der Waals surface area contributed by atoms with E-state index in [4.69, 9.17) is 5.73 Å². The molecule has 0 aliphatic rings. The molecule has 1 nitrogen and oxygen atoms in total. The summed E-state index contributed by atoms with van der Waals surface area (Å²) >= 11 is 0. The summed E-state index contributed by atoms with van der Waals surface area (Å²) in [6.45, 7) is 10.1. The van der Waals surface area contributed by atoms with E-state index in [1.165, 1.54) is 32.1 Å². The van der Waals surface area contributed by atoms with Gasteiger partial charge < -0.3 is 5.73 Å². The maximum atomic E-state index is 5.71. The van der Waals surface area contributed by atoms with Crippen molar-refractivity contribution >= 4 is 0 Å². The summed E-state index contributed by atoms with van der Waals surface area (Å²) in [7, 11) is 0. The van der Waals surface area contributed by atoms with Crippen molar-refractivity contribution in [1.82, 2.24) is 0 Å². The van der Waals surface area contributed by atoms with Crippen LogP contribution in [-0.2, 0) is 0 Å². The van der Waals surface area contributed by atoms with E-state index in [0.29, 0.717) is 0 Å². The standard InChI is InChI=1S/C13H29N/c1-5-13(10-14)9-12(4)8-6-7-11(2)3/h11-13H,5-10,14H2,1-4H3/t12-,13?/m0/s1. The van der Waals surface area contributed by atoms with Crippen LogP contribution in [0.2, 0.25) is 0 Å². The average Bonchev–Trinajstić information content (AvgIpc) is 2.13. The van der Waals surface area contributed by atoms with Crippen molar-refractivity contribution in [2.45, 2.75) is 59.8 Å². The minimum atomic E-state index is 0.754. The largest absolute Gasteiger partial charge is 0.330 e. The second kappa shape index (κ2) is 8.28. The summed E-state index contributed by atoms with van der Waals surface area (Å²) < 4.78 is 0. The van der Waals surface area contributed by atoms with E-state index >= 15 is 0 Å². The molecule has 0 amide bonds. The molecule has 0 spiro atoms. The van der Waals surface area contributed by atoms with Gasteiger partial charge in [0.2, 0.25) is 0 Å². The van der Waals surface area contributed by atoms with E-state index in [1.54, 1.807) is 0 Å². The zero-order valence-electron chi connectivity index (χ0n) is 10.6. The molecule has 0 aromatic rings. The molecular weight excluding hydrogens is 170 g/mol. The highest BCUT2D eigenvalue weighted by Crippen LogP contribution is 2.20. The molecule has 2 N–H and O–H groups in total. The first-order valence-corrected chi connectivity index (χ1v) is 6.30. The van der Waals surface area contributed by atoms with Crippen molar-refractivity contribution in [2.75, 3.05) is 6.54 Å². The summed E-state index contributed by atoms with van der Waals surface area (Å²) in [5.41, 5.74) is 5.71. The quantitative estimate of drug-likeness (QED) is 0.632. The Balaban J connectivity index is 3.48. The van der Waals surface area contributed by atoms with Crippen molar-refractivity contribution in [2.24, 2.45) is 23.5 Å². The molecule has 0 fully saturated rings. The summed E-state index contributed by atoms with van der Waals surface area (Å²) in [5.74, 6) is 2.48. The van der Waals surface area contributed by atoms with Gasteiger partial charge in [0, 0.05) is 0 Å². The Bertz CT molecular complexity index is 116. The Morgan fingerprint density at radius 2 is 1.71 bits per heavy atom. The second-order valence-electron chi connectivity index (χ2n) is 5.18. The normalized spacial score (nSPS) is 15.9. The predicted molar refractivity (Wildman–Crippen MR) is 65.3 cm³/mol. The zero-order valence-corrected chi connectivity index (χ0v) is 10.6. The predicted octanol–water partition coefficient (Wildman–Crippen LogP) is 3.82. The molecule has 0 aromatic heterocycles. The fraction of sp³-hybridized carbons (Fsp3) is 1.00. The lowest BCUT2D eigenvalue weighted by molar-refractivity contribution is 0.355. The Labute approximate surface area is 90.5 Å². The minimum Gasteiger partial charge on any atom is -0.330 e. The molecule has 1 heteroatoms. The Morgan fingerprint density at radius 1 is 1.07 bits per heavy atom. The maximum absolute atomic E-state index is 5.71. The maximum Gasteiger partial charge on any atom is -0.00489 e. The van der Waals surface area contributed by atoms with Gasteiger partial charge in [0.05, 0.1) is 0 Å². The molecule has 0 radical (unpaired) electrons. The van der Waals surface area contributed by atoms with Crippen molar-refractivity contribution in [3.05, 3.63) is 0 Å². The lowest BCUT2D eigenvalue weighted by atomic mass is 9.89. The third kappa shape index (κ3) is 7.37. The highest BCUT2D eigenvalue weighted by atomic mass is 14.5. The van der Waals surface area contributed by atoms with E-state index in [0.717, 1.165) is 24.3 Å². The van der Waals surface area contributed by atoms with Gasteiger partial charge in [-0.2, -0.15) is 0 Å². The zero-order chi connectivity index (χ0) is 11.0. The fourth-order valence-electron chi connectivity index (χ4n) is 1.99. The van der Waals surface area contributed by atoms with Gasteiger partial charge in [-0.15, -0.1) is 0 Å². The average molecular weight is 199 g/mol. The molecular formula is C13H29N. The highest BCUT2D eigenvalue weighted by Gasteiger charge is 2.09. The SMILES string of the molecule is CCC(CN)C[C@@H](C)CCCC(C)C. The first-order valence-electron chi connectivity index (χ1n) is 6.30. The van der Waals surface area contributed by atoms with Crippen LogP contribution in [0.3, 0.4) is 0 Å². The molecule has 1 unspecified atom stereocenters. The van der Waals surface area contributed by atoms with Crippen LogP contribution in [0.25, 0.3) is 0 Å². The molecule has 0 bridgehead atoms. The summed E-state index contributed by atoms with van der Waals surface area (Å²) in [4.78, 5) is 0. The van der Waals surface area contributed by atoms with Crippen LogP contribution in [-0.4, -0.2) is 6.54 Å². The fourth-order valence-corrected chi connectivity index (χ4v) is 1.99. The first kappa shape index (κ1) is 14.0. The van der Waals surface area contributed by atoms with Crippen LogP contribution in [0, 0.1) is 17.8 Å². The Morgan fingerprint density at radius 3 is 2.14 bits per heavy atom. The molecule has 0 rings (SSSR count). The topological polar surface area (TPSA) is 26.0 Å². The molecule has 0 saturated heterocycles. The van der Waals surface area contributed by atoms with Crippen molar-refractivity contribution in [3.63, 3.8) is 0 Å². The molecule has 86 valence electrons. The molecule has 0 aliphatic carbocycles. The van der Waals surface area contributed by atoms with Crippen molar-refractivity contribution in [3.8, 4) is 0 Å². The monoisotopic (exact) mass is 199 g/mol. The third-order valence-corrected chi connectivity index (χ3v) is 3.12. The van der Waals surface area contributed by atoms with E-state index in [-0.39, 0.29) is 0 Å². The van der Waals surface area contributed by atoms with Gasteiger partial charge in [0.25, 0.3) is 0 Å². The van der Waals surface area contributed by atoms with Crippen LogP contribution >= 0.6 is 0 Å². The summed E-state index contributed by atoms with van der Waals surface area (Å²) in [6, 6.07) is 0. The smallest absolute Gasteiger partial charge is 0.00489 e. The summed E-state index contributed by atoms with van der Waals surface area (Å²) in [5, 5.41) is 0. The van der Waals surface area contributed by atoms with Gasteiger partial charge in [-0.3, -0.25) is 0 Å². The lowest BCUT2D eigenvalue weighted by Crippen LogP contribution is -2.16. The molecule has 2 atom stereocenters. The molecule has 0 heterocycles. The second-order valence-corrected chi connectivity index (χ2v) is 5.18. The Hall–Kier alpha value is -0.0400. The van der Waals surface area contributed by atoms with Crippen LogP contribution in [0.5, 0.6) is 0 Å². The number of nitrogens with two attached hydrogens (primary N) is 1. The number of hydrogen-bond donors (Lipinski definition) is 1. The van der Waals surface area contributed by atoms with Crippen LogP contribution in [0.1, 0.15) is 59.8 Å². The van der Waals surface area contributed by atoms with Gasteiger partial charge in [-0.25, -0.2) is 0 Å². The van der Waals surface area contributed by atoms with E-state index in [2.05, 4.69) is 27.7 Å². The van der Waals surface area contributed by atoms with E-state index < -0.39 is 0 Å². The molecule has 0 aliphatic heterocycles. The molecule has 0 aromatic carbocycles. The van der Waals surface area contributed by atoms with Gasteiger partial charge in [0.1, 0.15) is 0 Å². The summed E-state index contributed by atoms with van der Waals surface area (Å²) in [6.07, 6.45) is 6.72. The van der Waals surface area contributed by atoms with Gasteiger partial charge in [-0.05, 0) is 30.7 Å². The number of hydrogen-bond acceptors (Lipinski definition) is 1. The minimum absolute atomic E-state index is 0.754. The molecule has 14 heavy (non-hydrogen) atoms. The van der Waals surface area contributed by atoms with Gasteiger partial charge >= 0.3 is 0 Å². The van der Waals surface area contributed by atoms with E-state index in [9.17, 15) is 0 Å². The van der Waals surface area contributed by atoms with Crippen LogP contribution in [0.4, 0.5) is 0 Å². The van der Waals surface area contributed by atoms with Crippen LogP contribution < -0.4 is 5.73 Å². The van der Waals surface area contributed by atoms with Crippen molar-refractivity contribution < 1.29 is 0 Å².